The minimum absolute atomic E-state index is 0.519. The molecule has 0 bridgehead atoms. The molecule has 0 atom stereocenters. The number of nitriles is 1. The van der Waals surface area contributed by atoms with Crippen LogP contribution < -0.4 is 5.43 Å². The summed E-state index contributed by atoms with van der Waals surface area (Å²) in [4.78, 5) is 3.97. The highest BCUT2D eigenvalue weighted by molar-refractivity contribution is 6.14. The van der Waals surface area contributed by atoms with Gasteiger partial charge in [-0.1, -0.05) is 0 Å². The first kappa shape index (κ1) is 9.56. The summed E-state index contributed by atoms with van der Waals surface area (Å²) < 4.78 is 1.31. The van der Waals surface area contributed by atoms with Crippen LogP contribution in [0.1, 0.15) is 11.1 Å². The summed E-state index contributed by atoms with van der Waals surface area (Å²) in [7, 11) is 0. The molecule has 1 aromatic heterocycles. The molecule has 0 saturated carbocycles. The second-order valence-corrected chi connectivity index (χ2v) is 3.28. The van der Waals surface area contributed by atoms with Gasteiger partial charge in [-0.3, -0.25) is 10.4 Å². The van der Waals surface area contributed by atoms with Crippen LogP contribution in [0.2, 0.25) is 0 Å². The molecule has 0 radical (unpaired) electrons. The molecule has 1 aliphatic rings. The van der Waals surface area contributed by atoms with Crippen LogP contribution in [0.15, 0.2) is 36.8 Å². The number of hydrogen-bond acceptors (Lipinski definition) is 4. The molecule has 0 amide bonds. The number of pyridine rings is 1. The lowest BCUT2D eigenvalue weighted by atomic mass is 10.1. The Labute approximate surface area is 92.2 Å². The van der Waals surface area contributed by atoms with E-state index < -0.39 is 0 Å². The fourth-order valence-electron chi connectivity index (χ4n) is 1.21. The molecule has 0 aliphatic carbocycles. The van der Waals surface area contributed by atoms with Crippen LogP contribution in [0, 0.1) is 11.3 Å². The zero-order valence-corrected chi connectivity index (χ0v) is 8.44. The third-order valence-electron chi connectivity index (χ3n) is 1.89. The zero-order chi connectivity index (χ0) is 10.7. The zero-order valence-electron chi connectivity index (χ0n) is 7.68. The van der Waals surface area contributed by atoms with Gasteiger partial charge in [-0.05, 0) is 18.2 Å². The Morgan fingerprint density at radius 2 is 2.33 bits per heavy atom. The van der Waals surface area contributed by atoms with Crippen molar-refractivity contribution in [3.8, 4) is 6.07 Å². The molecule has 0 saturated heterocycles. The molecule has 1 N–H and O–H groups in total. The van der Waals surface area contributed by atoms with Crippen molar-refractivity contribution in [1.29, 1.82) is 5.26 Å². The largest absolute Gasteiger partial charge is 0.284 e. The summed E-state index contributed by atoms with van der Waals surface area (Å²) in [6.07, 6.45) is 8.52. The fraction of sp³-hybridized carbons (Fsp3) is 0. The summed E-state index contributed by atoms with van der Waals surface area (Å²) in [6.45, 7) is 0. The fourth-order valence-corrected chi connectivity index (χ4v) is 1.37. The monoisotopic (exact) mass is 218 g/mol. The number of rotatable bonds is 1. The van der Waals surface area contributed by atoms with E-state index in [1.54, 1.807) is 24.5 Å². The van der Waals surface area contributed by atoms with E-state index in [1.807, 2.05) is 12.1 Å². The van der Waals surface area contributed by atoms with Crippen LogP contribution in [-0.4, -0.2) is 9.51 Å². The van der Waals surface area contributed by atoms with Crippen LogP contribution in [-0.2, 0) is 0 Å². The van der Waals surface area contributed by atoms with Gasteiger partial charge in [0.05, 0.1) is 11.3 Å². The topological polar surface area (TPSA) is 52.0 Å². The van der Waals surface area contributed by atoms with Crippen LogP contribution >= 0.6 is 11.8 Å². The molecule has 0 aromatic carbocycles. The standard InChI is InChI=1S/C10H7ClN4/c11-15-3-1-2-10(14-15)9-4-8(5-12)6-13-7-9/h1-4,6-7,14H. The van der Waals surface area contributed by atoms with Crippen LogP contribution in [0.3, 0.4) is 0 Å². The summed E-state index contributed by atoms with van der Waals surface area (Å²) in [6, 6.07) is 3.78. The van der Waals surface area contributed by atoms with Gasteiger partial charge in [-0.2, -0.15) is 5.26 Å². The SMILES string of the molecule is N#Cc1cncc(C2=CC=CN(Cl)N2)c1. The lowest BCUT2D eigenvalue weighted by Crippen LogP contribution is -2.25. The normalized spacial score (nSPS) is 14.1. The van der Waals surface area contributed by atoms with Gasteiger partial charge in [0.1, 0.15) is 6.07 Å². The van der Waals surface area contributed by atoms with Crippen molar-refractivity contribution in [2.45, 2.75) is 0 Å². The number of allylic oxidation sites excluding steroid dienone is 2. The summed E-state index contributed by atoms with van der Waals surface area (Å²) in [5.74, 6) is 0. The highest BCUT2D eigenvalue weighted by Crippen LogP contribution is 2.16. The molecule has 2 heterocycles. The van der Waals surface area contributed by atoms with Crippen LogP contribution in [0.5, 0.6) is 0 Å². The van der Waals surface area contributed by atoms with E-state index in [0.29, 0.717) is 5.56 Å². The third kappa shape index (κ3) is 2.09. The van der Waals surface area contributed by atoms with E-state index in [0.717, 1.165) is 11.3 Å². The Morgan fingerprint density at radius 1 is 1.47 bits per heavy atom. The first-order chi connectivity index (χ1) is 7.29. The number of hydrazine groups is 1. The van der Waals surface area contributed by atoms with Gasteiger partial charge in [-0.15, -0.1) is 0 Å². The first-order valence-electron chi connectivity index (χ1n) is 4.25. The number of halogens is 1. The molecule has 1 aliphatic heterocycles. The Kier molecular flexibility index (Phi) is 2.57. The predicted octanol–water partition coefficient (Wildman–Crippen LogP) is 1.78. The number of aromatic nitrogens is 1. The molecule has 4 nitrogen and oxygen atoms in total. The van der Waals surface area contributed by atoms with E-state index in [1.165, 1.54) is 10.7 Å². The average Bonchev–Trinajstić information content (AvgIpc) is 2.29. The van der Waals surface area contributed by atoms with Crippen molar-refractivity contribution in [3.05, 3.63) is 47.9 Å². The maximum atomic E-state index is 8.73. The van der Waals surface area contributed by atoms with Crippen molar-refractivity contribution in [1.82, 2.24) is 14.9 Å². The van der Waals surface area contributed by atoms with Gasteiger partial charge in [0.2, 0.25) is 0 Å². The minimum atomic E-state index is 0.519. The smallest absolute Gasteiger partial charge is 0.101 e. The number of nitrogens with zero attached hydrogens (tertiary/aromatic N) is 3. The molecule has 0 fully saturated rings. The summed E-state index contributed by atoms with van der Waals surface area (Å²) in [5, 5.41) is 8.73. The Hall–Kier alpha value is -1.99. The lowest BCUT2D eigenvalue weighted by molar-refractivity contribution is 0.530. The molecule has 5 heteroatoms. The predicted molar refractivity (Wildman–Crippen MR) is 56.9 cm³/mol. The van der Waals surface area contributed by atoms with E-state index >= 15 is 0 Å². The Balaban J connectivity index is 2.34. The Morgan fingerprint density at radius 3 is 3.07 bits per heavy atom. The van der Waals surface area contributed by atoms with E-state index in [4.69, 9.17) is 17.0 Å². The average molecular weight is 219 g/mol. The van der Waals surface area contributed by atoms with Crippen LogP contribution in [0.4, 0.5) is 0 Å². The minimum Gasteiger partial charge on any atom is -0.284 e. The van der Waals surface area contributed by atoms with Crippen molar-refractivity contribution in [2.24, 2.45) is 0 Å². The van der Waals surface area contributed by atoms with E-state index in [-0.39, 0.29) is 0 Å². The number of nitrogens with one attached hydrogen (secondary N) is 1. The highest BCUT2D eigenvalue weighted by Gasteiger charge is 2.07. The van der Waals surface area contributed by atoms with Crippen molar-refractivity contribution < 1.29 is 0 Å². The lowest BCUT2D eigenvalue weighted by Gasteiger charge is -2.19. The van der Waals surface area contributed by atoms with Crippen LogP contribution in [0.25, 0.3) is 5.70 Å². The molecule has 1 aromatic rings. The van der Waals surface area contributed by atoms with Gasteiger partial charge < -0.3 is 0 Å². The third-order valence-corrected chi connectivity index (χ3v) is 2.08. The van der Waals surface area contributed by atoms with Crippen molar-refractivity contribution >= 4 is 17.5 Å². The first-order valence-corrected chi connectivity index (χ1v) is 4.59. The molecule has 15 heavy (non-hydrogen) atoms. The van der Waals surface area contributed by atoms with Gasteiger partial charge >= 0.3 is 0 Å². The van der Waals surface area contributed by atoms with Gasteiger partial charge in [0.15, 0.2) is 0 Å². The molecule has 74 valence electrons. The van der Waals surface area contributed by atoms with E-state index in [2.05, 4.69) is 10.4 Å². The Bertz CT molecular complexity index is 473. The molecule has 0 spiro atoms. The molecule has 2 rings (SSSR count). The second-order valence-electron chi connectivity index (χ2n) is 2.92. The maximum absolute atomic E-state index is 8.73. The van der Waals surface area contributed by atoms with Gasteiger partial charge in [0.25, 0.3) is 0 Å². The number of hydrogen-bond donors (Lipinski definition) is 1. The van der Waals surface area contributed by atoms with E-state index in [9.17, 15) is 0 Å². The molecule has 0 unspecified atom stereocenters. The quantitative estimate of drug-likeness (QED) is 0.730. The van der Waals surface area contributed by atoms with Crippen molar-refractivity contribution in [3.63, 3.8) is 0 Å². The van der Waals surface area contributed by atoms with Crippen molar-refractivity contribution in [2.75, 3.05) is 0 Å². The summed E-state index contributed by atoms with van der Waals surface area (Å²) in [5.41, 5.74) is 5.05. The summed E-state index contributed by atoms with van der Waals surface area (Å²) >= 11 is 5.74. The molecular weight excluding hydrogens is 212 g/mol. The maximum Gasteiger partial charge on any atom is 0.101 e. The van der Waals surface area contributed by atoms with Gasteiger partial charge in [-0.25, -0.2) is 4.53 Å². The van der Waals surface area contributed by atoms with Gasteiger partial charge in [0, 0.05) is 35.9 Å². The second kappa shape index (κ2) is 4.03. The molecular formula is C10H7ClN4. The highest BCUT2D eigenvalue weighted by atomic mass is 35.5.